The Balaban J connectivity index is 1.25. The van der Waals surface area contributed by atoms with Gasteiger partial charge in [0.25, 0.3) is 0 Å². The fourth-order valence-electron chi connectivity index (χ4n) is 7.54. The summed E-state index contributed by atoms with van der Waals surface area (Å²) >= 11 is 0. The van der Waals surface area contributed by atoms with Gasteiger partial charge < -0.3 is 13.9 Å². The van der Waals surface area contributed by atoms with E-state index in [9.17, 15) is 0 Å². The van der Waals surface area contributed by atoms with Gasteiger partial charge in [-0.05, 0) is 83.2 Å². The van der Waals surface area contributed by atoms with Crippen LogP contribution in [0.5, 0.6) is 0 Å². The maximum absolute atomic E-state index is 6.66. The van der Waals surface area contributed by atoms with E-state index in [0.717, 1.165) is 55.5 Å². The van der Waals surface area contributed by atoms with Gasteiger partial charge in [0, 0.05) is 44.0 Å². The first kappa shape index (κ1) is 27.5. The molecule has 0 amide bonds. The summed E-state index contributed by atoms with van der Waals surface area (Å²) in [7, 11) is 0. The van der Waals surface area contributed by atoms with Crippen LogP contribution in [0.1, 0.15) is 0 Å². The van der Waals surface area contributed by atoms with E-state index in [1.807, 2.05) is 6.07 Å². The van der Waals surface area contributed by atoms with Crippen molar-refractivity contribution in [2.75, 3.05) is 4.90 Å². The zero-order chi connectivity index (χ0) is 32.3. The van der Waals surface area contributed by atoms with Crippen LogP contribution in [-0.2, 0) is 0 Å². The van der Waals surface area contributed by atoms with E-state index in [0.29, 0.717) is 0 Å². The highest BCUT2D eigenvalue weighted by Crippen LogP contribution is 2.45. The SMILES string of the molecule is c1ccc(-c2ccc(N(c3ccc4c(c3)c3ccccc3n4-c3ccccc3)c3cccc4ccc5c6ccccc6oc5c34)cc2)cc1. The zero-order valence-corrected chi connectivity index (χ0v) is 26.6. The number of furan rings is 1. The lowest BCUT2D eigenvalue weighted by atomic mass is 10.0. The molecule has 3 heteroatoms. The van der Waals surface area contributed by atoms with Crippen LogP contribution in [-0.4, -0.2) is 4.57 Å². The van der Waals surface area contributed by atoms with Crippen LogP contribution in [0.4, 0.5) is 17.1 Å². The molecule has 10 rings (SSSR count). The highest BCUT2D eigenvalue weighted by molar-refractivity contribution is 6.20. The number of benzene rings is 8. The number of hydrogen-bond donors (Lipinski definition) is 0. The minimum Gasteiger partial charge on any atom is -0.455 e. The molecule has 0 aliphatic heterocycles. The summed E-state index contributed by atoms with van der Waals surface area (Å²) in [5.41, 5.74) is 10.9. The molecule has 8 aromatic carbocycles. The van der Waals surface area contributed by atoms with Crippen LogP contribution in [0.2, 0.25) is 0 Å². The maximum Gasteiger partial charge on any atom is 0.145 e. The molecule has 0 aliphatic carbocycles. The lowest BCUT2D eigenvalue weighted by Crippen LogP contribution is -2.10. The Hall–Kier alpha value is -6.58. The molecule has 49 heavy (non-hydrogen) atoms. The first-order chi connectivity index (χ1) is 24.3. The van der Waals surface area contributed by atoms with Gasteiger partial charge in [0.2, 0.25) is 0 Å². The van der Waals surface area contributed by atoms with Crippen LogP contribution in [0, 0.1) is 0 Å². The number of hydrogen-bond acceptors (Lipinski definition) is 2. The molecule has 0 bridgehead atoms. The van der Waals surface area contributed by atoms with E-state index in [1.54, 1.807) is 0 Å². The fraction of sp³-hybridized carbons (Fsp3) is 0. The van der Waals surface area contributed by atoms with Gasteiger partial charge in [0.15, 0.2) is 0 Å². The Labute approximate surface area is 283 Å². The van der Waals surface area contributed by atoms with Crippen LogP contribution < -0.4 is 4.90 Å². The summed E-state index contributed by atoms with van der Waals surface area (Å²) in [5, 5.41) is 6.91. The number of nitrogens with zero attached hydrogens (tertiary/aromatic N) is 2. The third-order valence-corrected chi connectivity index (χ3v) is 9.77. The number of fused-ring (bicyclic) bond motifs is 8. The Morgan fingerprint density at radius 2 is 1.10 bits per heavy atom. The van der Waals surface area contributed by atoms with Crippen LogP contribution in [0.25, 0.3) is 71.3 Å². The molecule has 0 unspecified atom stereocenters. The smallest absolute Gasteiger partial charge is 0.145 e. The first-order valence-corrected chi connectivity index (χ1v) is 16.7. The molecule has 0 aliphatic rings. The average molecular weight is 627 g/mol. The molecular formula is C46H30N2O. The normalized spacial score (nSPS) is 11.7. The van der Waals surface area contributed by atoms with E-state index >= 15 is 0 Å². The van der Waals surface area contributed by atoms with Crippen molar-refractivity contribution in [3.05, 3.63) is 182 Å². The van der Waals surface area contributed by atoms with Gasteiger partial charge in [0.1, 0.15) is 11.2 Å². The highest BCUT2D eigenvalue weighted by atomic mass is 16.3. The molecule has 2 heterocycles. The molecule has 2 aromatic heterocycles. The van der Waals surface area contributed by atoms with Crippen molar-refractivity contribution in [3.63, 3.8) is 0 Å². The molecule has 0 saturated carbocycles. The Morgan fingerprint density at radius 3 is 1.94 bits per heavy atom. The largest absolute Gasteiger partial charge is 0.455 e. The van der Waals surface area contributed by atoms with Crippen molar-refractivity contribution in [2.24, 2.45) is 0 Å². The lowest BCUT2D eigenvalue weighted by Gasteiger charge is -2.27. The Bertz CT molecular complexity index is 2810. The second kappa shape index (κ2) is 11.0. The minimum absolute atomic E-state index is 0.897. The standard InChI is InChI=1S/C46H30N2O/c1-3-12-31(13-4-1)32-22-25-35(26-23-32)47(43-20-11-14-33-24-28-39-38-18-8-10-21-44(38)49-46(39)45(33)43)36-27-29-42-40(30-36)37-17-7-9-19-41(37)48(42)34-15-5-2-6-16-34/h1-30H. The molecule has 230 valence electrons. The van der Waals surface area contributed by atoms with Crippen molar-refractivity contribution in [3.8, 4) is 16.8 Å². The molecule has 0 radical (unpaired) electrons. The molecule has 0 N–H and O–H groups in total. The van der Waals surface area contributed by atoms with Crippen molar-refractivity contribution in [1.29, 1.82) is 0 Å². The molecular weight excluding hydrogens is 597 g/mol. The average Bonchev–Trinajstić information content (AvgIpc) is 3.72. The lowest BCUT2D eigenvalue weighted by molar-refractivity contribution is 0.672. The van der Waals surface area contributed by atoms with Gasteiger partial charge in [-0.3, -0.25) is 0 Å². The number of aromatic nitrogens is 1. The predicted octanol–water partition coefficient (Wildman–Crippen LogP) is 13.0. The minimum atomic E-state index is 0.897. The molecule has 0 fully saturated rings. The summed E-state index contributed by atoms with van der Waals surface area (Å²) in [4.78, 5) is 2.39. The molecule has 0 saturated heterocycles. The van der Waals surface area contributed by atoms with Crippen LogP contribution in [0.3, 0.4) is 0 Å². The van der Waals surface area contributed by atoms with E-state index in [2.05, 4.69) is 185 Å². The topological polar surface area (TPSA) is 21.3 Å². The van der Waals surface area contributed by atoms with E-state index in [-0.39, 0.29) is 0 Å². The van der Waals surface area contributed by atoms with Gasteiger partial charge in [-0.1, -0.05) is 115 Å². The Morgan fingerprint density at radius 1 is 0.429 bits per heavy atom. The molecule has 0 spiro atoms. The van der Waals surface area contributed by atoms with Crippen molar-refractivity contribution >= 4 is 71.6 Å². The summed E-state index contributed by atoms with van der Waals surface area (Å²) in [6.45, 7) is 0. The van der Waals surface area contributed by atoms with E-state index in [4.69, 9.17) is 4.42 Å². The van der Waals surface area contributed by atoms with Crippen LogP contribution >= 0.6 is 0 Å². The monoisotopic (exact) mass is 626 g/mol. The highest BCUT2D eigenvalue weighted by Gasteiger charge is 2.21. The second-order valence-electron chi connectivity index (χ2n) is 12.6. The molecule has 0 atom stereocenters. The number of para-hydroxylation sites is 3. The van der Waals surface area contributed by atoms with Crippen molar-refractivity contribution in [1.82, 2.24) is 4.57 Å². The third-order valence-electron chi connectivity index (χ3n) is 9.77. The van der Waals surface area contributed by atoms with Gasteiger partial charge in [-0.2, -0.15) is 0 Å². The summed E-state index contributed by atoms with van der Waals surface area (Å²) in [6, 6.07) is 64.9. The van der Waals surface area contributed by atoms with Gasteiger partial charge in [0.05, 0.1) is 16.7 Å². The number of rotatable bonds is 5. The van der Waals surface area contributed by atoms with Gasteiger partial charge in [-0.25, -0.2) is 0 Å². The third kappa shape index (κ3) is 4.37. The summed E-state index contributed by atoms with van der Waals surface area (Å²) < 4.78 is 9.02. The molecule has 3 nitrogen and oxygen atoms in total. The van der Waals surface area contributed by atoms with E-state index < -0.39 is 0 Å². The van der Waals surface area contributed by atoms with Crippen molar-refractivity contribution < 1.29 is 4.42 Å². The number of anilines is 3. The fourth-order valence-corrected chi connectivity index (χ4v) is 7.54. The van der Waals surface area contributed by atoms with Gasteiger partial charge in [-0.15, -0.1) is 0 Å². The van der Waals surface area contributed by atoms with E-state index in [1.165, 1.54) is 32.9 Å². The zero-order valence-electron chi connectivity index (χ0n) is 26.6. The Kier molecular flexibility index (Phi) is 6.18. The molecule has 10 aromatic rings. The summed E-state index contributed by atoms with van der Waals surface area (Å²) in [5.74, 6) is 0. The van der Waals surface area contributed by atoms with Crippen molar-refractivity contribution in [2.45, 2.75) is 0 Å². The maximum atomic E-state index is 6.66. The quantitative estimate of drug-likeness (QED) is 0.190. The van der Waals surface area contributed by atoms with Crippen LogP contribution in [0.15, 0.2) is 186 Å². The summed E-state index contributed by atoms with van der Waals surface area (Å²) in [6.07, 6.45) is 0. The predicted molar refractivity (Wildman–Crippen MR) is 206 cm³/mol. The van der Waals surface area contributed by atoms with Gasteiger partial charge >= 0.3 is 0 Å². The first-order valence-electron chi connectivity index (χ1n) is 16.7. The second-order valence-corrected chi connectivity index (χ2v) is 12.6.